The molecule has 1 aromatic carbocycles. The van der Waals surface area contributed by atoms with Gasteiger partial charge in [-0.3, -0.25) is 0 Å². The van der Waals surface area contributed by atoms with Crippen molar-refractivity contribution < 1.29 is 4.42 Å². The number of thiazole rings is 1. The van der Waals surface area contributed by atoms with E-state index in [0.29, 0.717) is 0 Å². The second-order valence-corrected chi connectivity index (χ2v) is 5.07. The molecule has 3 N–H and O–H groups in total. The number of aromatic nitrogens is 1. The van der Waals surface area contributed by atoms with Gasteiger partial charge >= 0.3 is 0 Å². The van der Waals surface area contributed by atoms with Crippen molar-refractivity contribution in [2.45, 2.75) is 6.92 Å². The first kappa shape index (κ1) is 11.8. The van der Waals surface area contributed by atoms with E-state index in [9.17, 15) is 0 Å². The molecule has 2 heterocycles. The van der Waals surface area contributed by atoms with Gasteiger partial charge in [-0.25, -0.2) is 4.98 Å². The van der Waals surface area contributed by atoms with Crippen LogP contribution in [0.3, 0.4) is 0 Å². The van der Waals surface area contributed by atoms with Crippen molar-refractivity contribution in [3.8, 4) is 11.5 Å². The number of nitrogens with one attached hydrogen (secondary N) is 1. The van der Waals surface area contributed by atoms with Crippen LogP contribution in [0.25, 0.3) is 11.5 Å². The predicted molar refractivity (Wildman–Crippen MR) is 78.7 cm³/mol. The zero-order valence-electron chi connectivity index (χ0n) is 10.4. The third kappa shape index (κ3) is 2.46. The molecule has 0 aliphatic carbocycles. The molecule has 0 aliphatic heterocycles. The third-order valence-corrected chi connectivity index (χ3v) is 3.57. The summed E-state index contributed by atoms with van der Waals surface area (Å²) in [7, 11) is 0. The number of hydrogen-bond donors (Lipinski definition) is 2. The predicted octanol–water partition coefficient (Wildman–Crippen LogP) is 4.04. The van der Waals surface area contributed by atoms with Gasteiger partial charge in [-0.1, -0.05) is 6.07 Å². The van der Waals surface area contributed by atoms with Crippen LogP contribution in [0.1, 0.15) is 5.56 Å². The number of benzene rings is 1. The van der Waals surface area contributed by atoms with Crippen LogP contribution in [0.15, 0.2) is 46.4 Å². The Morgan fingerprint density at radius 2 is 2.21 bits per heavy atom. The first-order chi connectivity index (χ1) is 9.22. The number of nitrogens with two attached hydrogens (primary N) is 1. The van der Waals surface area contributed by atoms with E-state index >= 15 is 0 Å². The maximum Gasteiger partial charge on any atom is 0.187 e. The lowest BCUT2D eigenvalue weighted by Gasteiger charge is -2.05. The number of aryl methyl sites for hydroxylation is 1. The number of nitrogens with zero attached hydrogens (tertiary/aromatic N) is 1. The zero-order valence-corrected chi connectivity index (χ0v) is 11.2. The van der Waals surface area contributed by atoms with Crippen molar-refractivity contribution in [1.29, 1.82) is 0 Å². The quantitative estimate of drug-likeness (QED) is 0.706. The van der Waals surface area contributed by atoms with Gasteiger partial charge in [0.15, 0.2) is 10.9 Å². The van der Waals surface area contributed by atoms with Gasteiger partial charge in [0.1, 0.15) is 5.69 Å². The van der Waals surface area contributed by atoms with Crippen LogP contribution in [0.5, 0.6) is 0 Å². The lowest BCUT2D eigenvalue weighted by Crippen LogP contribution is -1.94. The molecule has 0 radical (unpaired) electrons. The van der Waals surface area contributed by atoms with Crippen LogP contribution in [-0.4, -0.2) is 4.98 Å². The van der Waals surface area contributed by atoms with E-state index in [0.717, 1.165) is 33.5 Å². The van der Waals surface area contributed by atoms with Crippen LogP contribution >= 0.6 is 11.3 Å². The molecular weight excluding hydrogens is 258 g/mol. The fourth-order valence-electron chi connectivity index (χ4n) is 1.71. The largest absolute Gasteiger partial charge is 0.463 e. The van der Waals surface area contributed by atoms with E-state index in [1.54, 1.807) is 6.26 Å². The van der Waals surface area contributed by atoms with Crippen LogP contribution in [0, 0.1) is 6.92 Å². The van der Waals surface area contributed by atoms with E-state index in [1.165, 1.54) is 11.3 Å². The molecule has 0 fully saturated rings. The van der Waals surface area contributed by atoms with Crippen molar-refractivity contribution >= 4 is 27.8 Å². The van der Waals surface area contributed by atoms with Gasteiger partial charge in [-0.15, -0.1) is 11.3 Å². The lowest BCUT2D eigenvalue weighted by molar-refractivity contribution is 0.580. The molecule has 0 atom stereocenters. The number of rotatable bonds is 3. The summed E-state index contributed by atoms with van der Waals surface area (Å²) in [6, 6.07) is 9.62. The second kappa shape index (κ2) is 4.78. The molecule has 0 saturated heterocycles. The highest BCUT2D eigenvalue weighted by molar-refractivity contribution is 7.14. The summed E-state index contributed by atoms with van der Waals surface area (Å²) in [4.78, 5) is 4.47. The molecule has 0 bridgehead atoms. The topological polar surface area (TPSA) is 64.1 Å². The van der Waals surface area contributed by atoms with Crippen molar-refractivity contribution in [3.63, 3.8) is 0 Å². The highest BCUT2D eigenvalue weighted by atomic mass is 32.1. The maximum atomic E-state index is 5.88. The van der Waals surface area contributed by atoms with Gasteiger partial charge in [-0.05, 0) is 36.8 Å². The van der Waals surface area contributed by atoms with Crippen molar-refractivity contribution in [2.75, 3.05) is 11.1 Å². The minimum atomic E-state index is 0.771. The molecule has 0 amide bonds. The monoisotopic (exact) mass is 271 g/mol. The molecule has 4 nitrogen and oxygen atoms in total. The normalized spacial score (nSPS) is 10.6. The number of anilines is 3. The molecule has 19 heavy (non-hydrogen) atoms. The van der Waals surface area contributed by atoms with Gasteiger partial charge in [0.2, 0.25) is 0 Å². The average Bonchev–Trinajstić information content (AvgIpc) is 3.04. The summed E-state index contributed by atoms with van der Waals surface area (Å²) in [6.45, 7) is 1.98. The number of hydrogen-bond acceptors (Lipinski definition) is 5. The Labute approximate surface area is 114 Å². The summed E-state index contributed by atoms with van der Waals surface area (Å²) in [5.74, 6) is 0.771. The van der Waals surface area contributed by atoms with E-state index in [-0.39, 0.29) is 0 Å². The van der Waals surface area contributed by atoms with E-state index in [4.69, 9.17) is 10.2 Å². The first-order valence-corrected chi connectivity index (χ1v) is 6.73. The first-order valence-electron chi connectivity index (χ1n) is 5.85. The Morgan fingerprint density at radius 1 is 1.32 bits per heavy atom. The van der Waals surface area contributed by atoms with Gasteiger partial charge in [-0.2, -0.15) is 0 Å². The summed E-state index contributed by atoms with van der Waals surface area (Å²) in [5, 5.41) is 6.01. The standard InChI is InChI=1S/C14H13N3OS/c1-9-4-5-10(7-11(9)15)16-14-17-12(8-19-14)13-3-2-6-18-13/h2-8H,15H2,1H3,(H,16,17). The Bertz CT molecular complexity index is 689. The van der Waals surface area contributed by atoms with Gasteiger partial charge < -0.3 is 15.5 Å². The molecule has 0 saturated carbocycles. The number of furan rings is 1. The van der Waals surface area contributed by atoms with E-state index in [2.05, 4.69) is 10.3 Å². The van der Waals surface area contributed by atoms with E-state index < -0.39 is 0 Å². The summed E-state index contributed by atoms with van der Waals surface area (Å²) in [6.07, 6.45) is 1.64. The molecule has 0 spiro atoms. The summed E-state index contributed by atoms with van der Waals surface area (Å²) >= 11 is 1.53. The molecule has 0 unspecified atom stereocenters. The second-order valence-electron chi connectivity index (χ2n) is 4.21. The van der Waals surface area contributed by atoms with Gasteiger partial charge in [0, 0.05) is 16.8 Å². The minimum Gasteiger partial charge on any atom is -0.463 e. The molecule has 96 valence electrons. The fraction of sp³-hybridized carbons (Fsp3) is 0.0714. The Morgan fingerprint density at radius 3 is 2.95 bits per heavy atom. The fourth-order valence-corrected chi connectivity index (χ4v) is 2.43. The van der Waals surface area contributed by atoms with Crippen molar-refractivity contribution in [2.24, 2.45) is 0 Å². The lowest BCUT2D eigenvalue weighted by atomic mass is 10.2. The SMILES string of the molecule is Cc1ccc(Nc2nc(-c3ccco3)cs2)cc1N. The number of nitrogen functional groups attached to an aromatic ring is 1. The van der Waals surface area contributed by atoms with E-state index in [1.807, 2.05) is 42.6 Å². The van der Waals surface area contributed by atoms with Crippen molar-refractivity contribution in [3.05, 3.63) is 47.5 Å². The summed E-state index contributed by atoms with van der Waals surface area (Å²) < 4.78 is 5.31. The molecular formula is C14H13N3OS. The minimum absolute atomic E-state index is 0.771. The van der Waals surface area contributed by atoms with Crippen LogP contribution < -0.4 is 11.1 Å². The molecule has 0 aliphatic rings. The molecule has 3 aromatic rings. The Kier molecular flexibility index (Phi) is 2.97. The maximum absolute atomic E-state index is 5.88. The van der Waals surface area contributed by atoms with Crippen LogP contribution in [0.4, 0.5) is 16.5 Å². The van der Waals surface area contributed by atoms with Gasteiger partial charge in [0.25, 0.3) is 0 Å². The van der Waals surface area contributed by atoms with Crippen molar-refractivity contribution in [1.82, 2.24) is 4.98 Å². The van der Waals surface area contributed by atoms with Crippen LogP contribution in [-0.2, 0) is 0 Å². The third-order valence-electron chi connectivity index (χ3n) is 2.81. The Hall–Kier alpha value is -2.27. The Balaban J connectivity index is 1.82. The summed E-state index contributed by atoms with van der Waals surface area (Å²) in [5.41, 5.74) is 9.49. The highest BCUT2D eigenvalue weighted by Gasteiger charge is 2.07. The van der Waals surface area contributed by atoms with Gasteiger partial charge in [0.05, 0.1) is 6.26 Å². The average molecular weight is 271 g/mol. The molecule has 5 heteroatoms. The highest BCUT2D eigenvalue weighted by Crippen LogP contribution is 2.28. The molecule has 3 rings (SSSR count). The van der Waals surface area contributed by atoms with Crippen LogP contribution in [0.2, 0.25) is 0 Å². The zero-order chi connectivity index (χ0) is 13.2. The smallest absolute Gasteiger partial charge is 0.187 e. The molecule has 2 aromatic heterocycles.